The summed E-state index contributed by atoms with van der Waals surface area (Å²) in [4.78, 5) is 33.1. The number of amides is 2. The summed E-state index contributed by atoms with van der Waals surface area (Å²) in [5.74, 6) is -0.322. The predicted octanol–water partition coefficient (Wildman–Crippen LogP) is 4.12. The Kier molecular flexibility index (Phi) is 5.41. The van der Waals surface area contributed by atoms with E-state index in [0.717, 1.165) is 15.8 Å². The Morgan fingerprint density at radius 1 is 0.821 bits per heavy atom. The number of anilines is 2. The number of carbonyl (C=O) groups excluding carboxylic acids is 2. The van der Waals surface area contributed by atoms with E-state index in [-0.39, 0.29) is 24.7 Å². The van der Waals surface area contributed by atoms with Gasteiger partial charge in [-0.1, -0.05) is 53.8 Å². The molecule has 8 heteroatoms. The summed E-state index contributed by atoms with van der Waals surface area (Å²) in [6.07, 6.45) is 0.412. The number of benzene rings is 2. The number of hydrogen-bond acceptors (Lipinski definition) is 6. The topological polar surface area (TPSA) is 84.0 Å². The first-order valence-corrected chi connectivity index (χ1v) is 10.3. The van der Waals surface area contributed by atoms with Crippen LogP contribution < -0.4 is 10.6 Å². The van der Waals surface area contributed by atoms with Crippen molar-refractivity contribution in [2.24, 2.45) is 0 Å². The zero-order valence-corrected chi connectivity index (χ0v) is 16.3. The van der Waals surface area contributed by atoms with E-state index in [1.807, 2.05) is 54.6 Å². The van der Waals surface area contributed by atoms with Crippen LogP contribution in [0.15, 0.2) is 60.0 Å². The molecular weight excluding hydrogens is 392 g/mol. The molecule has 0 bridgehead atoms. The van der Waals surface area contributed by atoms with Crippen molar-refractivity contribution in [3.8, 4) is 0 Å². The molecule has 0 aliphatic carbocycles. The molecule has 2 aromatic carbocycles. The van der Waals surface area contributed by atoms with Crippen LogP contribution in [0.2, 0.25) is 0 Å². The van der Waals surface area contributed by atoms with Crippen LogP contribution in [0, 0.1) is 0 Å². The SMILES string of the molecule is O=C(Cc1ccccc1)Nc1nc(CC(=O)Nc2nc3ccccc3s2)cs1. The first-order chi connectivity index (χ1) is 13.7. The Bertz CT molecular complexity index is 1090. The Morgan fingerprint density at radius 2 is 1.54 bits per heavy atom. The molecule has 2 heterocycles. The molecule has 0 atom stereocenters. The molecule has 2 N–H and O–H groups in total. The number of carbonyl (C=O) groups is 2. The molecular formula is C20H16N4O2S2. The second kappa shape index (κ2) is 8.28. The van der Waals surface area contributed by atoms with Crippen LogP contribution in [-0.4, -0.2) is 21.8 Å². The van der Waals surface area contributed by atoms with E-state index in [2.05, 4.69) is 20.6 Å². The monoisotopic (exact) mass is 408 g/mol. The van der Waals surface area contributed by atoms with Gasteiger partial charge in [-0.05, 0) is 17.7 Å². The van der Waals surface area contributed by atoms with Crippen molar-refractivity contribution in [1.82, 2.24) is 9.97 Å². The number of nitrogens with zero attached hydrogens (tertiary/aromatic N) is 2. The molecule has 2 amide bonds. The molecule has 140 valence electrons. The van der Waals surface area contributed by atoms with Crippen LogP contribution in [0.1, 0.15) is 11.3 Å². The molecule has 0 fully saturated rings. The standard InChI is InChI=1S/C20H16N4O2S2/c25-17(10-13-6-2-1-3-7-13)23-19-21-14(12-27-19)11-18(26)24-20-22-15-8-4-5-9-16(15)28-20/h1-9,12H,10-11H2,(H,21,23,25)(H,22,24,26). The zero-order chi connectivity index (χ0) is 19.3. The molecule has 2 aromatic heterocycles. The van der Waals surface area contributed by atoms with Crippen LogP contribution in [0.25, 0.3) is 10.2 Å². The molecule has 0 unspecified atom stereocenters. The van der Waals surface area contributed by atoms with Crippen LogP contribution in [0.5, 0.6) is 0 Å². The van der Waals surface area contributed by atoms with Crippen molar-refractivity contribution in [1.29, 1.82) is 0 Å². The third kappa shape index (κ3) is 4.59. The lowest BCUT2D eigenvalue weighted by Crippen LogP contribution is -2.15. The number of thiazole rings is 2. The Balaban J connectivity index is 1.32. The van der Waals surface area contributed by atoms with Gasteiger partial charge in [-0.2, -0.15) is 0 Å². The number of rotatable bonds is 6. The predicted molar refractivity (Wildman–Crippen MR) is 113 cm³/mol. The average Bonchev–Trinajstić information content (AvgIpc) is 3.28. The Hall–Kier alpha value is -3.10. The highest BCUT2D eigenvalue weighted by molar-refractivity contribution is 7.22. The van der Waals surface area contributed by atoms with Crippen LogP contribution in [-0.2, 0) is 22.4 Å². The average molecular weight is 409 g/mol. The van der Waals surface area contributed by atoms with E-state index in [9.17, 15) is 9.59 Å². The minimum atomic E-state index is -0.188. The van der Waals surface area contributed by atoms with E-state index in [1.165, 1.54) is 22.7 Å². The summed E-state index contributed by atoms with van der Waals surface area (Å²) in [6, 6.07) is 17.2. The zero-order valence-electron chi connectivity index (χ0n) is 14.7. The molecule has 4 aromatic rings. The molecule has 0 saturated heterocycles. The second-order valence-electron chi connectivity index (χ2n) is 6.07. The number of hydrogen-bond donors (Lipinski definition) is 2. The van der Waals surface area contributed by atoms with Gasteiger partial charge in [-0.25, -0.2) is 9.97 Å². The fourth-order valence-corrected chi connectivity index (χ4v) is 4.25. The van der Waals surface area contributed by atoms with E-state index >= 15 is 0 Å². The first-order valence-electron chi connectivity index (χ1n) is 8.59. The van der Waals surface area contributed by atoms with E-state index in [0.29, 0.717) is 16.0 Å². The maximum Gasteiger partial charge on any atom is 0.232 e. The lowest BCUT2D eigenvalue weighted by atomic mass is 10.1. The molecule has 6 nitrogen and oxygen atoms in total. The summed E-state index contributed by atoms with van der Waals surface area (Å²) >= 11 is 2.74. The van der Waals surface area contributed by atoms with Gasteiger partial charge >= 0.3 is 0 Å². The van der Waals surface area contributed by atoms with Gasteiger partial charge in [0.1, 0.15) is 0 Å². The fraction of sp³-hybridized carbons (Fsp3) is 0.100. The molecule has 0 spiro atoms. The minimum Gasteiger partial charge on any atom is -0.302 e. The fourth-order valence-electron chi connectivity index (χ4n) is 2.64. The van der Waals surface area contributed by atoms with E-state index in [4.69, 9.17) is 0 Å². The molecule has 0 aliphatic rings. The van der Waals surface area contributed by atoms with Crippen molar-refractivity contribution in [3.63, 3.8) is 0 Å². The van der Waals surface area contributed by atoms with Crippen LogP contribution in [0.4, 0.5) is 10.3 Å². The highest BCUT2D eigenvalue weighted by atomic mass is 32.1. The summed E-state index contributed by atoms with van der Waals surface area (Å²) in [6.45, 7) is 0. The second-order valence-corrected chi connectivity index (χ2v) is 7.95. The van der Waals surface area contributed by atoms with Gasteiger partial charge in [0.25, 0.3) is 0 Å². The molecule has 0 radical (unpaired) electrons. The molecule has 0 saturated carbocycles. The van der Waals surface area contributed by atoms with Gasteiger partial charge in [0.05, 0.1) is 28.8 Å². The molecule has 4 rings (SSSR count). The van der Waals surface area contributed by atoms with Gasteiger partial charge in [-0.3, -0.25) is 9.59 Å². The van der Waals surface area contributed by atoms with Gasteiger partial charge in [0.15, 0.2) is 10.3 Å². The normalized spacial score (nSPS) is 10.7. The minimum absolute atomic E-state index is 0.126. The van der Waals surface area contributed by atoms with Gasteiger partial charge < -0.3 is 10.6 Å². The molecule has 28 heavy (non-hydrogen) atoms. The first kappa shape index (κ1) is 18.3. The molecule has 0 aliphatic heterocycles. The number of para-hydroxylation sites is 1. The third-order valence-electron chi connectivity index (χ3n) is 3.89. The summed E-state index contributed by atoms with van der Waals surface area (Å²) in [7, 11) is 0. The highest BCUT2D eigenvalue weighted by Crippen LogP contribution is 2.25. The maximum atomic E-state index is 12.3. The lowest BCUT2D eigenvalue weighted by molar-refractivity contribution is -0.116. The quantitative estimate of drug-likeness (QED) is 0.503. The van der Waals surface area contributed by atoms with Gasteiger partial charge in [0.2, 0.25) is 11.8 Å². The smallest absolute Gasteiger partial charge is 0.232 e. The summed E-state index contributed by atoms with van der Waals surface area (Å²) < 4.78 is 1.02. The Morgan fingerprint density at radius 3 is 2.36 bits per heavy atom. The van der Waals surface area contributed by atoms with E-state index in [1.54, 1.807) is 5.38 Å². The van der Waals surface area contributed by atoms with E-state index < -0.39 is 0 Å². The van der Waals surface area contributed by atoms with Crippen molar-refractivity contribution in [3.05, 3.63) is 71.2 Å². The third-order valence-corrected chi connectivity index (χ3v) is 5.65. The van der Waals surface area contributed by atoms with Crippen molar-refractivity contribution < 1.29 is 9.59 Å². The Labute approximate surface area is 169 Å². The van der Waals surface area contributed by atoms with Gasteiger partial charge in [0, 0.05) is 5.38 Å². The van der Waals surface area contributed by atoms with Crippen LogP contribution >= 0.6 is 22.7 Å². The summed E-state index contributed by atoms with van der Waals surface area (Å²) in [5.41, 5.74) is 2.41. The van der Waals surface area contributed by atoms with Crippen LogP contribution in [0.3, 0.4) is 0 Å². The highest BCUT2D eigenvalue weighted by Gasteiger charge is 2.12. The number of fused-ring (bicyclic) bond motifs is 1. The van der Waals surface area contributed by atoms with Gasteiger partial charge in [-0.15, -0.1) is 11.3 Å². The number of nitrogens with one attached hydrogen (secondary N) is 2. The lowest BCUT2D eigenvalue weighted by Gasteiger charge is -2.02. The van der Waals surface area contributed by atoms with Crippen molar-refractivity contribution in [2.45, 2.75) is 12.8 Å². The van der Waals surface area contributed by atoms with Crippen molar-refractivity contribution in [2.75, 3.05) is 10.6 Å². The number of aromatic nitrogens is 2. The largest absolute Gasteiger partial charge is 0.302 e. The maximum absolute atomic E-state index is 12.3. The van der Waals surface area contributed by atoms with Crippen molar-refractivity contribution >= 4 is 55.0 Å². The summed E-state index contributed by atoms with van der Waals surface area (Å²) in [5, 5.41) is 8.42.